The van der Waals surface area contributed by atoms with Crippen molar-refractivity contribution >= 4 is 5.91 Å². The molecular weight excluding hydrogens is 302 g/mol. The summed E-state index contributed by atoms with van der Waals surface area (Å²) >= 11 is 0. The first-order valence-corrected chi connectivity index (χ1v) is 9.72. The lowest BCUT2D eigenvalue weighted by atomic mass is 10.1. The number of nitrogens with one attached hydrogen (secondary N) is 3. The van der Waals surface area contributed by atoms with Gasteiger partial charge >= 0.3 is 0 Å². The second kappa shape index (κ2) is 17.1. The van der Waals surface area contributed by atoms with Crippen LogP contribution >= 0.6 is 0 Å². The Morgan fingerprint density at radius 3 is 2.08 bits per heavy atom. The van der Waals surface area contributed by atoms with E-state index in [9.17, 15) is 4.79 Å². The Morgan fingerprint density at radius 1 is 0.875 bits per heavy atom. The van der Waals surface area contributed by atoms with Crippen molar-refractivity contribution in [3.05, 3.63) is 0 Å². The van der Waals surface area contributed by atoms with Crippen LogP contribution in [0.4, 0.5) is 0 Å². The fraction of sp³-hybridized carbons (Fsp3) is 0.944. The average Bonchev–Trinajstić information content (AvgIpc) is 2.53. The van der Waals surface area contributed by atoms with Gasteiger partial charge in [0.1, 0.15) is 0 Å². The summed E-state index contributed by atoms with van der Waals surface area (Å²) in [6.07, 6.45) is 7.97. The Morgan fingerprint density at radius 2 is 1.50 bits per heavy atom. The van der Waals surface area contributed by atoms with E-state index < -0.39 is 0 Å². The van der Waals surface area contributed by atoms with Gasteiger partial charge < -0.3 is 27.4 Å². The van der Waals surface area contributed by atoms with Crippen LogP contribution in [-0.2, 0) is 4.79 Å². The zero-order chi connectivity index (χ0) is 18.0. The Hall–Kier alpha value is -0.690. The predicted octanol–water partition coefficient (Wildman–Crippen LogP) is 1.10. The maximum atomic E-state index is 11.7. The van der Waals surface area contributed by atoms with Gasteiger partial charge in [-0.25, -0.2) is 0 Å². The highest BCUT2D eigenvalue weighted by atomic mass is 16.1. The zero-order valence-corrected chi connectivity index (χ0v) is 15.9. The van der Waals surface area contributed by atoms with Gasteiger partial charge in [0.25, 0.3) is 0 Å². The molecule has 0 fully saturated rings. The van der Waals surface area contributed by atoms with Gasteiger partial charge in [0.05, 0.1) is 0 Å². The quantitative estimate of drug-likeness (QED) is 0.254. The minimum Gasteiger partial charge on any atom is -0.354 e. The molecule has 24 heavy (non-hydrogen) atoms. The molecule has 0 aromatic heterocycles. The summed E-state index contributed by atoms with van der Waals surface area (Å²) in [6.45, 7) is 8.88. The van der Waals surface area contributed by atoms with E-state index in [1.807, 2.05) is 6.92 Å². The Kier molecular flexibility index (Phi) is 16.7. The van der Waals surface area contributed by atoms with E-state index in [1.165, 1.54) is 12.8 Å². The largest absolute Gasteiger partial charge is 0.354 e. The molecule has 1 amide bonds. The predicted molar refractivity (Wildman–Crippen MR) is 103 cm³/mol. The van der Waals surface area contributed by atoms with Crippen molar-refractivity contribution in [2.75, 3.05) is 32.7 Å². The summed E-state index contributed by atoms with van der Waals surface area (Å²) in [5, 5.41) is 9.92. The second-order valence-electron chi connectivity index (χ2n) is 6.83. The molecule has 6 heteroatoms. The fourth-order valence-electron chi connectivity index (χ4n) is 2.42. The lowest BCUT2D eigenvalue weighted by Gasteiger charge is -2.14. The summed E-state index contributed by atoms with van der Waals surface area (Å²) in [5.74, 6) is 0.164. The Bertz CT molecular complexity index is 287. The summed E-state index contributed by atoms with van der Waals surface area (Å²) in [7, 11) is 0. The van der Waals surface area contributed by atoms with E-state index in [4.69, 9.17) is 11.5 Å². The summed E-state index contributed by atoms with van der Waals surface area (Å²) in [4.78, 5) is 11.7. The molecule has 2 atom stereocenters. The van der Waals surface area contributed by atoms with Gasteiger partial charge in [-0.05, 0) is 85.1 Å². The Balaban J connectivity index is 3.30. The van der Waals surface area contributed by atoms with Crippen molar-refractivity contribution in [1.29, 1.82) is 0 Å². The standard InChI is InChI=1S/C18H41N5O/c1-16(20)9-14-21-12-6-7-13-22-15-10-17(2)23-18(24)8-4-3-5-11-19/h16-17,21-22H,3-15,19-20H2,1-2H3,(H,23,24). The summed E-state index contributed by atoms with van der Waals surface area (Å²) in [5.41, 5.74) is 11.1. The first-order valence-electron chi connectivity index (χ1n) is 9.72. The number of rotatable bonds is 17. The third kappa shape index (κ3) is 17.7. The highest BCUT2D eigenvalue weighted by Crippen LogP contribution is 1.99. The van der Waals surface area contributed by atoms with Crippen LogP contribution in [0.25, 0.3) is 0 Å². The number of nitrogens with two attached hydrogens (primary N) is 2. The third-order valence-electron chi connectivity index (χ3n) is 4.00. The van der Waals surface area contributed by atoms with E-state index in [-0.39, 0.29) is 18.0 Å². The Labute approximate surface area is 148 Å². The van der Waals surface area contributed by atoms with Crippen LogP contribution in [0.2, 0.25) is 0 Å². The molecule has 0 aromatic rings. The van der Waals surface area contributed by atoms with E-state index in [0.29, 0.717) is 13.0 Å². The minimum absolute atomic E-state index is 0.164. The lowest BCUT2D eigenvalue weighted by Crippen LogP contribution is -2.35. The first kappa shape index (κ1) is 23.3. The molecule has 0 bridgehead atoms. The van der Waals surface area contributed by atoms with Crippen molar-refractivity contribution in [2.45, 2.75) is 77.3 Å². The molecule has 144 valence electrons. The molecule has 0 saturated heterocycles. The maximum Gasteiger partial charge on any atom is 0.220 e. The van der Waals surface area contributed by atoms with Crippen molar-refractivity contribution in [2.24, 2.45) is 11.5 Å². The van der Waals surface area contributed by atoms with Crippen LogP contribution in [0.5, 0.6) is 0 Å². The van der Waals surface area contributed by atoms with Gasteiger partial charge in [-0.1, -0.05) is 6.42 Å². The molecule has 0 rings (SSSR count). The van der Waals surface area contributed by atoms with E-state index >= 15 is 0 Å². The number of hydrogen-bond donors (Lipinski definition) is 5. The second-order valence-corrected chi connectivity index (χ2v) is 6.83. The van der Waals surface area contributed by atoms with Crippen LogP contribution in [0, 0.1) is 0 Å². The molecule has 0 spiro atoms. The van der Waals surface area contributed by atoms with E-state index in [0.717, 1.165) is 58.3 Å². The van der Waals surface area contributed by atoms with Gasteiger partial charge in [0.2, 0.25) is 5.91 Å². The minimum atomic E-state index is 0.164. The molecule has 7 N–H and O–H groups in total. The molecule has 0 saturated carbocycles. The number of amides is 1. The highest BCUT2D eigenvalue weighted by Gasteiger charge is 2.06. The van der Waals surface area contributed by atoms with Crippen molar-refractivity contribution in [3.8, 4) is 0 Å². The summed E-state index contributed by atoms with van der Waals surface area (Å²) in [6, 6.07) is 0.520. The van der Waals surface area contributed by atoms with Crippen LogP contribution < -0.4 is 27.4 Å². The van der Waals surface area contributed by atoms with Gasteiger partial charge in [0, 0.05) is 18.5 Å². The molecule has 0 aliphatic heterocycles. The number of carbonyl (C=O) groups excluding carboxylic acids is 1. The van der Waals surface area contributed by atoms with Crippen LogP contribution in [0.15, 0.2) is 0 Å². The van der Waals surface area contributed by atoms with Gasteiger partial charge in [-0.3, -0.25) is 4.79 Å². The normalized spacial score (nSPS) is 13.7. The third-order valence-corrected chi connectivity index (χ3v) is 4.00. The average molecular weight is 344 g/mol. The van der Waals surface area contributed by atoms with Crippen molar-refractivity contribution < 1.29 is 4.79 Å². The molecule has 0 aromatic carbocycles. The molecule has 0 aliphatic carbocycles. The number of hydrogen-bond acceptors (Lipinski definition) is 5. The van der Waals surface area contributed by atoms with Crippen LogP contribution in [-0.4, -0.2) is 50.7 Å². The smallest absolute Gasteiger partial charge is 0.220 e. The molecule has 0 radical (unpaired) electrons. The first-order chi connectivity index (χ1) is 11.6. The number of unbranched alkanes of at least 4 members (excludes halogenated alkanes) is 3. The SMILES string of the molecule is CC(N)CCNCCCCNCCC(C)NC(=O)CCCCCN. The van der Waals surface area contributed by atoms with Crippen LogP contribution in [0.3, 0.4) is 0 Å². The summed E-state index contributed by atoms with van der Waals surface area (Å²) < 4.78 is 0. The monoisotopic (exact) mass is 343 g/mol. The van der Waals surface area contributed by atoms with Crippen molar-refractivity contribution in [1.82, 2.24) is 16.0 Å². The maximum absolute atomic E-state index is 11.7. The van der Waals surface area contributed by atoms with Crippen molar-refractivity contribution in [3.63, 3.8) is 0 Å². The van der Waals surface area contributed by atoms with Gasteiger partial charge in [-0.2, -0.15) is 0 Å². The fourth-order valence-corrected chi connectivity index (χ4v) is 2.42. The molecule has 0 heterocycles. The number of carbonyl (C=O) groups is 1. The highest BCUT2D eigenvalue weighted by molar-refractivity contribution is 5.76. The lowest BCUT2D eigenvalue weighted by molar-refractivity contribution is -0.121. The van der Waals surface area contributed by atoms with Gasteiger partial charge in [0.15, 0.2) is 0 Å². The van der Waals surface area contributed by atoms with Gasteiger partial charge in [-0.15, -0.1) is 0 Å². The van der Waals surface area contributed by atoms with E-state index in [2.05, 4.69) is 22.9 Å². The molecular formula is C18H41N5O. The molecule has 0 aliphatic rings. The molecule has 2 unspecified atom stereocenters. The zero-order valence-electron chi connectivity index (χ0n) is 15.9. The topological polar surface area (TPSA) is 105 Å². The van der Waals surface area contributed by atoms with Crippen LogP contribution in [0.1, 0.15) is 65.2 Å². The van der Waals surface area contributed by atoms with E-state index in [1.54, 1.807) is 0 Å². The molecule has 6 nitrogen and oxygen atoms in total.